The van der Waals surface area contributed by atoms with E-state index in [9.17, 15) is 5.11 Å². The van der Waals surface area contributed by atoms with Crippen molar-refractivity contribution in [1.29, 1.82) is 0 Å². The van der Waals surface area contributed by atoms with Crippen LogP contribution in [0.4, 0.5) is 5.82 Å². The zero-order valence-electron chi connectivity index (χ0n) is 9.93. The second-order valence-corrected chi connectivity index (χ2v) is 6.09. The first-order valence-corrected chi connectivity index (χ1v) is 7.03. The number of hydrogen-bond donors (Lipinski definition) is 1. The number of aliphatic hydroxyl groups excluding tert-OH is 1. The van der Waals surface area contributed by atoms with E-state index in [1.807, 2.05) is 6.20 Å². The molecule has 17 heavy (non-hydrogen) atoms. The Bertz CT molecular complexity index is 423. The molecule has 0 saturated carbocycles. The first-order valence-electron chi connectivity index (χ1n) is 6.23. The molecule has 3 rings (SSSR count). The number of fused-ring (bicyclic) bond motifs is 2. The van der Waals surface area contributed by atoms with Crippen LogP contribution in [-0.2, 0) is 0 Å². The number of piperidine rings is 1. The third-order valence-corrected chi connectivity index (χ3v) is 4.49. The van der Waals surface area contributed by atoms with Crippen molar-refractivity contribution in [2.45, 2.75) is 50.8 Å². The number of halogens is 1. The minimum absolute atomic E-state index is 0.118. The Hall–Kier alpha value is -0.610. The molecule has 1 aromatic rings. The van der Waals surface area contributed by atoms with Crippen molar-refractivity contribution in [3.8, 4) is 0 Å². The lowest BCUT2D eigenvalue weighted by molar-refractivity contribution is 0.126. The maximum absolute atomic E-state index is 9.81. The molecule has 0 spiro atoms. The van der Waals surface area contributed by atoms with Crippen molar-refractivity contribution in [1.82, 2.24) is 4.98 Å². The predicted octanol–water partition coefficient (Wildman–Crippen LogP) is 2.64. The second kappa shape index (κ2) is 4.25. The van der Waals surface area contributed by atoms with E-state index in [2.05, 4.69) is 38.8 Å². The van der Waals surface area contributed by atoms with E-state index in [-0.39, 0.29) is 6.10 Å². The van der Waals surface area contributed by atoms with E-state index in [0.717, 1.165) is 23.1 Å². The van der Waals surface area contributed by atoms with Gasteiger partial charge in [0.15, 0.2) is 0 Å². The van der Waals surface area contributed by atoms with E-state index in [4.69, 9.17) is 0 Å². The monoisotopic (exact) mass is 296 g/mol. The number of nitrogens with zero attached hydrogens (tertiary/aromatic N) is 2. The summed E-state index contributed by atoms with van der Waals surface area (Å²) < 4.78 is 1.07. The number of aryl methyl sites for hydroxylation is 1. The van der Waals surface area contributed by atoms with Crippen molar-refractivity contribution in [2.24, 2.45) is 0 Å². The Labute approximate surface area is 110 Å². The topological polar surface area (TPSA) is 36.4 Å². The first-order chi connectivity index (χ1) is 8.15. The molecule has 2 aliphatic heterocycles. The quantitative estimate of drug-likeness (QED) is 0.865. The van der Waals surface area contributed by atoms with Crippen molar-refractivity contribution < 1.29 is 5.11 Å². The molecule has 0 aromatic carbocycles. The van der Waals surface area contributed by atoms with Crippen LogP contribution in [0.2, 0.25) is 0 Å². The fourth-order valence-electron chi connectivity index (χ4n) is 3.21. The lowest BCUT2D eigenvalue weighted by Gasteiger charge is -2.38. The minimum atomic E-state index is -0.118. The van der Waals surface area contributed by atoms with Gasteiger partial charge in [-0.05, 0) is 60.2 Å². The van der Waals surface area contributed by atoms with Crippen molar-refractivity contribution >= 4 is 21.7 Å². The first kappa shape index (κ1) is 11.5. The molecule has 1 N–H and O–H groups in total. The van der Waals surface area contributed by atoms with Crippen LogP contribution < -0.4 is 4.90 Å². The van der Waals surface area contributed by atoms with Crippen LogP contribution in [0.25, 0.3) is 0 Å². The van der Waals surface area contributed by atoms with Gasteiger partial charge in [0, 0.05) is 18.3 Å². The summed E-state index contributed by atoms with van der Waals surface area (Å²) in [6, 6.07) is 3.05. The van der Waals surface area contributed by atoms with Crippen LogP contribution in [0, 0.1) is 6.92 Å². The lowest BCUT2D eigenvalue weighted by atomic mass is 10.00. The van der Waals surface area contributed by atoms with E-state index < -0.39 is 0 Å². The van der Waals surface area contributed by atoms with Crippen LogP contribution in [0.15, 0.2) is 16.7 Å². The summed E-state index contributed by atoms with van der Waals surface area (Å²) in [4.78, 5) is 6.98. The Morgan fingerprint density at radius 2 is 2.00 bits per heavy atom. The Morgan fingerprint density at radius 1 is 1.35 bits per heavy atom. The van der Waals surface area contributed by atoms with Gasteiger partial charge in [-0.25, -0.2) is 4.98 Å². The van der Waals surface area contributed by atoms with Crippen molar-refractivity contribution in [3.63, 3.8) is 0 Å². The standard InChI is InChI=1S/C13H17BrN2O/c1-8-4-12(14)13(15-7-8)16-9-2-3-10(16)6-11(17)5-9/h4,7,9-11,17H,2-3,5-6H2,1H3. The molecule has 0 radical (unpaired) electrons. The molecule has 2 bridgehead atoms. The largest absolute Gasteiger partial charge is 0.393 e. The van der Waals surface area contributed by atoms with Crippen LogP contribution in [0.3, 0.4) is 0 Å². The van der Waals surface area contributed by atoms with Crippen molar-refractivity contribution in [3.05, 3.63) is 22.3 Å². The number of anilines is 1. The molecule has 4 heteroatoms. The van der Waals surface area contributed by atoms with Crippen molar-refractivity contribution in [2.75, 3.05) is 4.90 Å². The molecule has 2 saturated heterocycles. The molecule has 2 aliphatic rings. The highest BCUT2D eigenvalue weighted by molar-refractivity contribution is 9.10. The van der Waals surface area contributed by atoms with E-state index in [1.54, 1.807) is 0 Å². The lowest BCUT2D eigenvalue weighted by Crippen LogP contribution is -2.45. The number of hydrogen-bond acceptors (Lipinski definition) is 3. The zero-order chi connectivity index (χ0) is 12.0. The molecule has 2 atom stereocenters. The maximum Gasteiger partial charge on any atom is 0.143 e. The molecule has 1 aromatic heterocycles. The fraction of sp³-hybridized carbons (Fsp3) is 0.615. The van der Waals surface area contributed by atoms with Gasteiger partial charge in [0.25, 0.3) is 0 Å². The van der Waals surface area contributed by atoms with Crippen LogP contribution in [-0.4, -0.2) is 28.3 Å². The van der Waals surface area contributed by atoms with Crippen LogP contribution in [0.5, 0.6) is 0 Å². The molecule has 3 heterocycles. The molecule has 3 nitrogen and oxygen atoms in total. The molecule has 0 aliphatic carbocycles. The minimum Gasteiger partial charge on any atom is -0.393 e. The van der Waals surface area contributed by atoms with Crippen LogP contribution in [0.1, 0.15) is 31.2 Å². The van der Waals surface area contributed by atoms with Gasteiger partial charge in [0.1, 0.15) is 5.82 Å². The molecule has 92 valence electrons. The summed E-state index contributed by atoms with van der Waals surface area (Å²) in [6.07, 6.45) is 5.95. The fourth-order valence-corrected chi connectivity index (χ4v) is 3.88. The van der Waals surface area contributed by atoms with Gasteiger partial charge in [-0.15, -0.1) is 0 Å². The Kier molecular flexibility index (Phi) is 2.87. The second-order valence-electron chi connectivity index (χ2n) is 5.24. The normalized spacial score (nSPS) is 31.9. The highest BCUT2D eigenvalue weighted by atomic mass is 79.9. The highest BCUT2D eigenvalue weighted by Crippen LogP contribution is 2.40. The SMILES string of the molecule is Cc1cnc(N2C3CCC2CC(O)C3)c(Br)c1. The highest BCUT2D eigenvalue weighted by Gasteiger charge is 2.41. The van der Waals surface area contributed by atoms with Gasteiger partial charge < -0.3 is 10.0 Å². The van der Waals surface area contributed by atoms with Gasteiger partial charge >= 0.3 is 0 Å². The average molecular weight is 297 g/mol. The molecule has 2 fully saturated rings. The summed E-state index contributed by atoms with van der Waals surface area (Å²) >= 11 is 3.61. The summed E-state index contributed by atoms with van der Waals surface area (Å²) in [6.45, 7) is 2.05. The summed E-state index contributed by atoms with van der Waals surface area (Å²) in [7, 11) is 0. The van der Waals surface area contributed by atoms with E-state index in [0.29, 0.717) is 12.1 Å². The third-order valence-electron chi connectivity index (χ3n) is 3.91. The number of rotatable bonds is 1. The molecular formula is C13H17BrN2O. The van der Waals surface area contributed by atoms with E-state index >= 15 is 0 Å². The number of pyridine rings is 1. The van der Waals surface area contributed by atoms with Gasteiger partial charge in [0.2, 0.25) is 0 Å². The predicted molar refractivity (Wildman–Crippen MR) is 71.2 cm³/mol. The average Bonchev–Trinajstić information content (AvgIpc) is 2.53. The molecule has 0 amide bonds. The molecule has 2 unspecified atom stereocenters. The number of aliphatic hydroxyl groups is 1. The summed E-state index contributed by atoms with van der Waals surface area (Å²) in [5.74, 6) is 1.05. The summed E-state index contributed by atoms with van der Waals surface area (Å²) in [5.41, 5.74) is 1.17. The Balaban J connectivity index is 1.94. The zero-order valence-corrected chi connectivity index (χ0v) is 11.5. The number of aromatic nitrogens is 1. The van der Waals surface area contributed by atoms with Gasteiger partial charge in [-0.3, -0.25) is 0 Å². The summed E-state index contributed by atoms with van der Waals surface area (Å²) in [5, 5.41) is 9.81. The van der Waals surface area contributed by atoms with Gasteiger partial charge in [-0.2, -0.15) is 0 Å². The third kappa shape index (κ3) is 1.97. The smallest absolute Gasteiger partial charge is 0.143 e. The van der Waals surface area contributed by atoms with E-state index in [1.165, 1.54) is 18.4 Å². The van der Waals surface area contributed by atoms with Crippen LogP contribution >= 0.6 is 15.9 Å². The van der Waals surface area contributed by atoms with Gasteiger partial charge in [-0.1, -0.05) is 0 Å². The van der Waals surface area contributed by atoms with Gasteiger partial charge in [0.05, 0.1) is 10.6 Å². The Morgan fingerprint density at radius 3 is 2.59 bits per heavy atom. The maximum atomic E-state index is 9.81. The molecular weight excluding hydrogens is 280 g/mol.